The molecule has 2 aromatic carbocycles. The van der Waals surface area contributed by atoms with E-state index in [1.165, 1.54) is 12.1 Å². The first kappa shape index (κ1) is 21.5. The maximum atomic E-state index is 12.1. The summed E-state index contributed by atoms with van der Waals surface area (Å²) in [6.07, 6.45) is 1.81. The molecule has 0 saturated heterocycles. The molecule has 2 rings (SSSR count). The van der Waals surface area contributed by atoms with E-state index in [2.05, 4.69) is 0 Å². The monoisotopic (exact) mass is 428 g/mol. The minimum absolute atomic E-state index is 0.0333. The van der Waals surface area contributed by atoms with E-state index in [9.17, 15) is 21.6 Å². The van der Waals surface area contributed by atoms with Gasteiger partial charge in [0.15, 0.2) is 0 Å². The van der Waals surface area contributed by atoms with Gasteiger partial charge in [-0.2, -0.15) is 16.8 Å². The lowest BCUT2D eigenvalue weighted by molar-refractivity contribution is 0.256. The number of anilines is 2. The first-order valence-corrected chi connectivity index (χ1v) is 11.5. The average Bonchev–Trinajstić information content (AvgIpc) is 2.50. The standard InChI is InChI=1S/C17H20N2O7S2/c1-11-5-7-13(9-15(11)25-27(3,21)22)19(17(18)20)14-8-6-12(2)16(10-14)26-28(4,23)24/h5-10H,1-4H3,(H2,18,20). The van der Waals surface area contributed by atoms with Crippen molar-refractivity contribution in [2.75, 3.05) is 17.4 Å². The van der Waals surface area contributed by atoms with Crippen LogP contribution in [0.4, 0.5) is 16.2 Å². The Kier molecular flexibility index (Phi) is 5.90. The average molecular weight is 428 g/mol. The maximum absolute atomic E-state index is 12.1. The number of hydrogen-bond acceptors (Lipinski definition) is 7. The summed E-state index contributed by atoms with van der Waals surface area (Å²) in [5, 5.41) is 0. The third kappa shape index (κ3) is 5.60. The molecule has 0 fully saturated rings. The van der Waals surface area contributed by atoms with Gasteiger partial charge in [-0.15, -0.1) is 0 Å². The van der Waals surface area contributed by atoms with Gasteiger partial charge in [0.25, 0.3) is 0 Å². The zero-order valence-corrected chi connectivity index (χ0v) is 17.3. The molecule has 0 aliphatic heterocycles. The van der Waals surface area contributed by atoms with Crippen molar-refractivity contribution in [3.8, 4) is 11.5 Å². The van der Waals surface area contributed by atoms with Crippen LogP contribution in [-0.2, 0) is 20.2 Å². The molecule has 9 nitrogen and oxygen atoms in total. The van der Waals surface area contributed by atoms with Crippen LogP contribution in [0.25, 0.3) is 0 Å². The Labute approximate surface area is 163 Å². The molecular formula is C17H20N2O7S2. The summed E-state index contributed by atoms with van der Waals surface area (Å²) in [5.41, 5.74) is 7.02. The number of nitrogens with zero attached hydrogens (tertiary/aromatic N) is 1. The number of primary amides is 1. The highest BCUT2D eigenvalue weighted by atomic mass is 32.2. The smallest absolute Gasteiger partial charge is 0.323 e. The number of nitrogens with two attached hydrogens (primary N) is 1. The minimum atomic E-state index is -3.78. The Balaban J connectivity index is 2.57. The third-order valence-corrected chi connectivity index (χ3v) is 4.53. The highest BCUT2D eigenvalue weighted by molar-refractivity contribution is 7.86. The second-order valence-electron chi connectivity index (χ2n) is 6.15. The first-order chi connectivity index (χ1) is 12.8. The number of urea groups is 1. The van der Waals surface area contributed by atoms with Crippen molar-refractivity contribution < 1.29 is 30.0 Å². The van der Waals surface area contributed by atoms with E-state index in [-0.39, 0.29) is 22.9 Å². The van der Waals surface area contributed by atoms with Gasteiger partial charge in [0, 0.05) is 12.1 Å². The topological polar surface area (TPSA) is 133 Å². The fourth-order valence-corrected chi connectivity index (χ4v) is 3.38. The summed E-state index contributed by atoms with van der Waals surface area (Å²) >= 11 is 0. The van der Waals surface area contributed by atoms with Crippen LogP contribution in [0.5, 0.6) is 11.5 Å². The van der Waals surface area contributed by atoms with E-state index in [1.807, 2.05) is 0 Å². The fraction of sp³-hybridized carbons (Fsp3) is 0.235. The number of carbonyl (C=O) groups excluding carboxylic acids is 1. The number of rotatable bonds is 6. The van der Waals surface area contributed by atoms with Crippen molar-refractivity contribution in [3.05, 3.63) is 47.5 Å². The summed E-state index contributed by atoms with van der Waals surface area (Å²) < 4.78 is 55.7. The molecule has 2 aromatic rings. The quantitative estimate of drug-likeness (QED) is 0.697. The van der Waals surface area contributed by atoms with Crippen LogP contribution in [0.15, 0.2) is 36.4 Å². The van der Waals surface area contributed by atoms with Crippen LogP contribution in [0.2, 0.25) is 0 Å². The highest BCUT2D eigenvalue weighted by Crippen LogP contribution is 2.34. The van der Waals surface area contributed by atoms with E-state index in [4.69, 9.17) is 14.1 Å². The summed E-state index contributed by atoms with van der Waals surface area (Å²) in [4.78, 5) is 13.2. The summed E-state index contributed by atoms with van der Waals surface area (Å²) in [6, 6.07) is 8.04. The van der Waals surface area contributed by atoms with Crippen molar-refractivity contribution in [1.82, 2.24) is 0 Å². The van der Waals surface area contributed by atoms with Crippen molar-refractivity contribution in [2.45, 2.75) is 13.8 Å². The molecule has 0 unspecified atom stereocenters. The van der Waals surface area contributed by atoms with Crippen molar-refractivity contribution in [1.29, 1.82) is 0 Å². The molecule has 28 heavy (non-hydrogen) atoms. The Bertz CT molecular complexity index is 1040. The zero-order valence-electron chi connectivity index (χ0n) is 15.7. The van der Waals surface area contributed by atoms with E-state index >= 15 is 0 Å². The Morgan fingerprint density at radius 3 is 1.46 bits per heavy atom. The van der Waals surface area contributed by atoms with Gasteiger partial charge in [-0.25, -0.2) is 4.79 Å². The molecule has 0 bridgehead atoms. The van der Waals surface area contributed by atoms with Crippen molar-refractivity contribution in [3.63, 3.8) is 0 Å². The van der Waals surface area contributed by atoms with Gasteiger partial charge in [-0.05, 0) is 37.1 Å². The van der Waals surface area contributed by atoms with Crippen LogP contribution in [-0.4, -0.2) is 35.4 Å². The van der Waals surface area contributed by atoms with Gasteiger partial charge < -0.3 is 14.1 Å². The lowest BCUT2D eigenvalue weighted by Gasteiger charge is -2.22. The molecule has 2 amide bonds. The molecule has 0 spiro atoms. The zero-order chi connectivity index (χ0) is 21.3. The Hall–Kier alpha value is -2.79. The van der Waals surface area contributed by atoms with Gasteiger partial charge in [0.1, 0.15) is 11.5 Å². The van der Waals surface area contributed by atoms with Crippen molar-refractivity contribution in [2.24, 2.45) is 5.73 Å². The van der Waals surface area contributed by atoms with Crippen LogP contribution < -0.4 is 19.0 Å². The molecule has 0 aliphatic carbocycles. The fourth-order valence-electron chi connectivity index (χ4n) is 2.36. The van der Waals surface area contributed by atoms with E-state index in [0.717, 1.165) is 17.4 Å². The highest BCUT2D eigenvalue weighted by Gasteiger charge is 2.20. The number of amides is 2. The largest absolute Gasteiger partial charge is 0.382 e. The second kappa shape index (κ2) is 7.68. The first-order valence-electron chi connectivity index (χ1n) is 7.86. The van der Waals surface area contributed by atoms with Gasteiger partial charge in [-0.1, -0.05) is 12.1 Å². The summed E-state index contributed by atoms with van der Waals surface area (Å²) in [7, 11) is -7.56. The predicted octanol–water partition coefficient (Wildman–Crippen LogP) is 2.20. The van der Waals surface area contributed by atoms with Gasteiger partial charge >= 0.3 is 26.3 Å². The Morgan fingerprint density at radius 1 is 0.821 bits per heavy atom. The van der Waals surface area contributed by atoms with Crippen LogP contribution in [0.3, 0.4) is 0 Å². The molecule has 11 heteroatoms. The van der Waals surface area contributed by atoms with E-state index < -0.39 is 26.3 Å². The maximum Gasteiger partial charge on any atom is 0.323 e. The predicted molar refractivity (Wildman–Crippen MR) is 105 cm³/mol. The molecular weight excluding hydrogens is 408 g/mol. The lowest BCUT2D eigenvalue weighted by Crippen LogP contribution is -2.31. The van der Waals surface area contributed by atoms with Gasteiger partial charge in [0.05, 0.1) is 23.9 Å². The minimum Gasteiger partial charge on any atom is -0.382 e. The van der Waals surface area contributed by atoms with Gasteiger partial charge in [-0.3, -0.25) is 4.90 Å². The number of benzene rings is 2. The normalized spacial score (nSPS) is 11.7. The van der Waals surface area contributed by atoms with Crippen LogP contribution >= 0.6 is 0 Å². The van der Waals surface area contributed by atoms with E-state index in [0.29, 0.717) is 11.1 Å². The van der Waals surface area contributed by atoms with Crippen LogP contribution in [0.1, 0.15) is 11.1 Å². The van der Waals surface area contributed by atoms with Crippen LogP contribution in [0, 0.1) is 13.8 Å². The molecule has 0 aromatic heterocycles. The summed E-state index contributed by atoms with van der Waals surface area (Å²) in [5.74, 6) is 0.0666. The molecule has 0 radical (unpaired) electrons. The molecule has 0 aliphatic rings. The van der Waals surface area contributed by atoms with Gasteiger partial charge in [0.2, 0.25) is 0 Å². The van der Waals surface area contributed by atoms with E-state index in [1.54, 1.807) is 38.1 Å². The molecule has 0 atom stereocenters. The van der Waals surface area contributed by atoms with Crippen molar-refractivity contribution >= 4 is 37.6 Å². The molecule has 152 valence electrons. The number of hydrogen-bond donors (Lipinski definition) is 1. The second-order valence-corrected chi connectivity index (χ2v) is 9.30. The molecule has 2 N–H and O–H groups in total. The molecule has 0 heterocycles. The number of carbonyl (C=O) groups is 1. The SMILES string of the molecule is Cc1ccc(N(C(N)=O)c2ccc(C)c(OS(C)(=O)=O)c2)cc1OS(C)(=O)=O. The third-order valence-electron chi connectivity index (χ3n) is 3.56. The summed E-state index contributed by atoms with van der Waals surface area (Å²) in [6.45, 7) is 3.28. The molecule has 0 saturated carbocycles. The Morgan fingerprint density at radius 2 is 1.18 bits per heavy atom. The number of aryl methyl sites for hydroxylation is 2. The lowest BCUT2D eigenvalue weighted by atomic mass is 10.1.